The van der Waals surface area contributed by atoms with E-state index in [1.165, 1.54) is 11.8 Å². The summed E-state index contributed by atoms with van der Waals surface area (Å²) in [6.45, 7) is 4.07. The fourth-order valence-electron chi connectivity index (χ4n) is 4.17. The SMILES string of the molecule is CCC(c1cc(OC)ccc1OC)C(NC(=O)Nc1c(SC)cc(C)nc1SC)c1ccccc1. The fourth-order valence-corrected chi connectivity index (χ4v) is 5.48. The molecular weight excluding hydrogens is 478 g/mol. The zero-order chi connectivity index (χ0) is 25.4. The molecule has 0 bridgehead atoms. The topological polar surface area (TPSA) is 72.5 Å². The molecule has 2 amide bonds. The summed E-state index contributed by atoms with van der Waals surface area (Å²) in [6.07, 6.45) is 4.74. The molecule has 0 fully saturated rings. The van der Waals surface area contributed by atoms with Gasteiger partial charge in [0.2, 0.25) is 0 Å². The van der Waals surface area contributed by atoms with E-state index in [0.29, 0.717) is 0 Å². The molecule has 0 aliphatic heterocycles. The minimum Gasteiger partial charge on any atom is -0.497 e. The van der Waals surface area contributed by atoms with Crippen molar-refractivity contribution in [1.82, 2.24) is 10.3 Å². The van der Waals surface area contributed by atoms with Gasteiger partial charge in [0.25, 0.3) is 0 Å². The molecule has 1 heterocycles. The number of rotatable bonds is 10. The van der Waals surface area contributed by atoms with Gasteiger partial charge in [-0.1, -0.05) is 37.3 Å². The lowest BCUT2D eigenvalue weighted by atomic mass is 9.84. The van der Waals surface area contributed by atoms with Crippen LogP contribution < -0.4 is 20.1 Å². The number of anilines is 1. The second-order valence-electron chi connectivity index (χ2n) is 7.96. The zero-order valence-electron chi connectivity index (χ0n) is 21.0. The van der Waals surface area contributed by atoms with Crippen molar-refractivity contribution in [3.8, 4) is 11.5 Å². The van der Waals surface area contributed by atoms with Crippen molar-refractivity contribution in [3.05, 3.63) is 71.4 Å². The van der Waals surface area contributed by atoms with Gasteiger partial charge in [-0.2, -0.15) is 0 Å². The molecule has 3 rings (SSSR count). The highest BCUT2D eigenvalue weighted by Crippen LogP contribution is 2.40. The third-order valence-corrected chi connectivity index (χ3v) is 7.30. The van der Waals surface area contributed by atoms with Crippen molar-refractivity contribution >= 4 is 35.2 Å². The summed E-state index contributed by atoms with van der Waals surface area (Å²) >= 11 is 3.10. The van der Waals surface area contributed by atoms with Gasteiger partial charge in [0.1, 0.15) is 16.5 Å². The van der Waals surface area contributed by atoms with Gasteiger partial charge in [-0.15, -0.1) is 23.5 Å². The van der Waals surface area contributed by atoms with E-state index in [2.05, 4.69) is 22.5 Å². The number of carbonyl (C=O) groups excluding carboxylic acids is 1. The van der Waals surface area contributed by atoms with Gasteiger partial charge in [0.15, 0.2) is 0 Å². The Morgan fingerprint density at radius 3 is 2.37 bits per heavy atom. The Morgan fingerprint density at radius 1 is 1.03 bits per heavy atom. The molecule has 35 heavy (non-hydrogen) atoms. The van der Waals surface area contributed by atoms with E-state index in [9.17, 15) is 4.79 Å². The fraction of sp³-hybridized carbons (Fsp3) is 0.333. The highest BCUT2D eigenvalue weighted by atomic mass is 32.2. The Labute approximate surface area is 216 Å². The van der Waals surface area contributed by atoms with Crippen LogP contribution in [0.25, 0.3) is 0 Å². The van der Waals surface area contributed by atoms with Crippen LogP contribution in [0.3, 0.4) is 0 Å². The highest BCUT2D eigenvalue weighted by molar-refractivity contribution is 7.99. The van der Waals surface area contributed by atoms with Crippen molar-refractivity contribution in [2.24, 2.45) is 0 Å². The molecule has 2 unspecified atom stereocenters. The van der Waals surface area contributed by atoms with E-state index in [1.807, 2.05) is 74.0 Å². The van der Waals surface area contributed by atoms with Gasteiger partial charge in [-0.25, -0.2) is 9.78 Å². The first-order valence-electron chi connectivity index (χ1n) is 11.4. The van der Waals surface area contributed by atoms with Crippen LogP contribution in [-0.4, -0.2) is 37.7 Å². The van der Waals surface area contributed by atoms with E-state index in [1.54, 1.807) is 26.0 Å². The number of hydrogen-bond acceptors (Lipinski definition) is 6. The van der Waals surface area contributed by atoms with Crippen molar-refractivity contribution < 1.29 is 14.3 Å². The Kier molecular flexibility index (Phi) is 9.74. The summed E-state index contributed by atoms with van der Waals surface area (Å²) in [5.74, 6) is 1.46. The molecule has 0 saturated heterocycles. The van der Waals surface area contributed by atoms with E-state index in [-0.39, 0.29) is 18.0 Å². The van der Waals surface area contributed by atoms with Crippen LogP contribution >= 0.6 is 23.5 Å². The number of aryl methyl sites for hydroxylation is 1. The molecule has 2 N–H and O–H groups in total. The van der Waals surface area contributed by atoms with E-state index >= 15 is 0 Å². The number of methoxy groups -OCH3 is 2. The Morgan fingerprint density at radius 2 is 1.77 bits per heavy atom. The van der Waals surface area contributed by atoms with Gasteiger partial charge >= 0.3 is 6.03 Å². The number of nitrogens with one attached hydrogen (secondary N) is 2. The van der Waals surface area contributed by atoms with Crippen LogP contribution in [0.4, 0.5) is 10.5 Å². The smallest absolute Gasteiger partial charge is 0.319 e. The van der Waals surface area contributed by atoms with E-state index in [4.69, 9.17) is 9.47 Å². The van der Waals surface area contributed by atoms with Crippen molar-refractivity contribution in [2.45, 2.75) is 42.1 Å². The summed E-state index contributed by atoms with van der Waals surface area (Å²) < 4.78 is 11.2. The lowest BCUT2D eigenvalue weighted by Gasteiger charge is -2.30. The normalized spacial score (nSPS) is 12.5. The standard InChI is InChI=1S/C27H33N3O3S2/c1-7-20(21-16-19(32-3)13-14-22(21)33-4)24(18-11-9-8-10-12-18)29-27(31)30-25-23(34-5)15-17(2)28-26(25)35-6/h8-16,20,24H,7H2,1-6H3,(H2,29,30,31). The summed E-state index contributed by atoms with van der Waals surface area (Å²) in [5, 5.41) is 7.12. The predicted molar refractivity (Wildman–Crippen MR) is 146 cm³/mol. The monoisotopic (exact) mass is 511 g/mol. The van der Waals surface area contributed by atoms with Crippen LogP contribution in [0.15, 0.2) is 64.5 Å². The van der Waals surface area contributed by atoms with Gasteiger partial charge in [0, 0.05) is 22.1 Å². The van der Waals surface area contributed by atoms with E-state index < -0.39 is 0 Å². The second kappa shape index (κ2) is 12.7. The Balaban J connectivity index is 2.00. The number of pyridine rings is 1. The number of amides is 2. The first kappa shape index (κ1) is 26.8. The molecule has 0 spiro atoms. The van der Waals surface area contributed by atoms with Crippen molar-refractivity contribution in [1.29, 1.82) is 0 Å². The third kappa shape index (κ3) is 6.44. The van der Waals surface area contributed by atoms with Gasteiger partial charge in [-0.3, -0.25) is 0 Å². The van der Waals surface area contributed by atoms with Gasteiger partial charge in [-0.05, 0) is 55.7 Å². The maximum atomic E-state index is 13.4. The molecule has 8 heteroatoms. The summed E-state index contributed by atoms with van der Waals surface area (Å²) in [5.41, 5.74) is 3.64. The molecule has 1 aromatic heterocycles. The second-order valence-corrected chi connectivity index (χ2v) is 9.60. The summed E-state index contributed by atoms with van der Waals surface area (Å²) in [4.78, 5) is 19.0. The minimum absolute atomic E-state index is 0.0515. The molecule has 6 nitrogen and oxygen atoms in total. The Hall–Kier alpha value is -2.84. The number of thioether (sulfide) groups is 2. The number of carbonyl (C=O) groups is 1. The highest BCUT2D eigenvalue weighted by Gasteiger charge is 2.28. The van der Waals surface area contributed by atoms with Gasteiger partial charge < -0.3 is 20.1 Å². The van der Waals surface area contributed by atoms with Crippen molar-refractivity contribution in [3.63, 3.8) is 0 Å². The molecule has 0 radical (unpaired) electrons. The maximum absolute atomic E-state index is 13.4. The van der Waals surface area contributed by atoms with E-state index in [0.717, 1.165) is 50.3 Å². The number of aromatic nitrogens is 1. The number of hydrogen-bond donors (Lipinski definition) is 2. The number of benzene rings is 2. The predicted octanol–water partition coefficient (Wildman–Crippen LogP) is 6.91. The van der Waals surface area contributed by atoms with Crippen molar-refractivity contribution in [2.75, 3.05) is 32.0 Å². The van der Waals surface area contributed by atoms with Crippen LogP contribution in [0.1, 0.15) is 42.1 Å². The minimum atomic E-state index is -0.295. The lowest BCUT2D eigenvalue weighted by Crippen LogP contribution is -2.36. The van der Waals surface area contributed by atoms with Crippen LogP contribution in [0.5, 0.6) is 11.5 Å². The van der Waals surface area contributed by atoms with Crippen LogP contribution in [0.2, 0.25) is 0 Å². The quantitative estimate of drug-likeness (QED) is 0.288. The zero-order valence-corrected chi connectivity index (χ0v) is 22.7. The molecule has 186 valence electrons. The molecule has 2 aromatic carbocycles. The number of urea groups is 1. The lowest BCUT2D eigenvalue weighted by molar-refractivity contribution is 0.245. The third-order valence-electron chi connectivity index (χ3n) is 5.85. The summed E-state index contributed by atoms with van der Waals surface area (Å²) in [6, 6.07) is 17.2. The first-order valence-corrected chi connectivity index (χ1v) is 13.8. The molecule has 3 aromatic rings. The molecule has 0 aliphatic rings. The molecular formula is C27H33N3O3S2. The average Bonchev–Trinajstić information content (AvgIpc) is 2.89. The first-order chi connectivity index (χ1) is 16.9. The largest absolute Gasteiger partial charge is 0.497 e. The van der Waals surface area contributed by atoms with Crippen LogP contribution in [-0.2, 0) is 0 Å². The molecule has 2 atom stereocenters. The Bertz CT molecular complexity index is 1120. The van der Waals surface area contributed by atoms with Gasteiger partial charge in [0.05, 0.1) is 25.9 Å². The van der Waals surface area contributed by atoms with Crippen LogP contribution in [0, 0.1) is 6.92 Å². The number of ether oxygens (including phenoxy) is 2. The molecule has 0 saturated carbocycles. The number of nitrogens with zero attached hydrogens (tertiary/aromatic N) is 1. The molecule has 0 aliphatic carbocycles. The summed E-state index contributed by atoms with van der Waals surface area (Å²) in [7, 11) is 3.31. The average molecular weight is 512 g/mol. The maximum Gasteiger partial charge on any atom is 0.319 e.